The van der Waals surface area contributed by atoms with Crippen molar-refractivity contribution in [3.05, 3.63) is 71.9 Å². The molecule has 3 rings (SSSR count). The second-order valence-electron chi connectivity index (χ2n) is 7.70. The Balaban J connectivity index is 1.66. The van der Waals surface area contributed by atoms with Crippen molar-refractivity contribution in [2.24, 2.45) is 0 Å². The van der Waals surface area contributed by atoms with E-state index in [1.54, 1.807) is 6.08 Å². The van der Waals surface area contributed by atoms with Gasteiger partial charge in [0, 0.05) is 35.4 Å². The number of amides is 1. The van der Waals surface area contributed by atoms with Crippen LogP contribution in [0, 0.1) is 0 Å². The zero-order valence-corrected chi connectivity index (χ0v) is 16.1. The van der Waals surface area contributed by atoms with Crippen molar-refractivity contribution in [1.29, 1.82) is 0 Å². The highest BCUT2D eigenvalue weighted by Gasteiger charge is 2.12. The molecule has 0 bridgehead atoms. The Morgan fingerprint density at radius 3 is 2.52 bits per heavy atom. The van der Waals surface area contributed by atoms with Crippen molar-refractivity contribution >= 4 is 28.6 Å². The molecule has 4 heteroatoms. The maximum atomic E-state index is 12.2. The van der Waals surface area contributed by atoms with Gasteiger partial charge in [-0.15, -0.1) is 0 Å². The van der Waals surface area contributed by atoms with Crippen molar-refractivity contribution in [1.82, 2.24) is 4.57 Å². The monoisotopic (exact) mass is 362 g/mol. The molecule has 0 saturated heterocycles. The van der Waals surface area contributed by atoms with Gasteiger partial charge in [-0.2, -0.15) is 0 Å². The minimum absolute atomic E-state index is 0.101. The van der Waals surface area contributed by atoms with E-state index in [-0.39, 0.29) is 17.9 Å². The smallest absolute Gasteiger partial charge is 0.248 e. The summed E-state index contributed by atoms with van der Waals surface area (Å²) in [5.41, 5.74) is 4.17. The number of aliphatic hydroxyl groups is 1. The highest BCUT2D eigenvalue weighted by atomic mass is 16.3. The molecule has 0 fully saturated rings. The van der Waals surface area contributed by atoms with Gasteiger partial charge in [-0.05, 0) is 46.9 Å². The summed E-state index contributed by atoms with van der Waals surface area (Å²) in [5.74, 6) is -0.163. The summed E-state index contributed by atoms with van der Waals surface area (Å²) in [7, 11) is 0. The first-order valence-electron chi connectivity index (χ1n) is 9.16. The van der Waals surface area contributed by atoms with Crippen LogP contribution in [0.1, 0.15) is 31.9 Å². The Kier molecular flexibility index (Phi) is 5.47. The van der Waals surface area contributed by atoms with Gasteiger partial charge in [0.25, 0.3) is 0 Å². The van der Waals surface area contributed by atoms with Crippen molar-refractivity contribution in [3.63, 3.8) is 0 Å². The molecule has 0 radical (unpaired) electrons. The van der Waals surface area contributed by atoms with Crippen LogP contribution in [0.15, 0.2) is 60.8 Å². The van der Waals surface area contributed by atoms with Gasteiger partial charge < -0.3 is 15.0 Å². The number of nitrogens with one attached hydrogen (secondary N) is 1. The van der Waals surface area contributed by atoms with Crippen LogP contribution in [0.5, 0.6) is 0 Å². The second-order valence-corrected chi connectivity index (χ2v) is 7.70. The maximum Gasteiger partial charge on any atom is 0.248 e. The van der Waals surface area contributed by atoms with E-state index in [4.69, 9.17) is 5.11 Å². The van der Waals surface area contributed by atoms with E-state index in [2.05, 4.69) is 38.2 Å². The van der Waals surface area contributed by atoms with Crippen LogP contribution in [-0.2, 0) is 16.8 Å². The summed E-state index contributed by atoms with van der Waals surface area (Å²) in [6.07, 6.45) is 5.30. The molecule has 1 heterocycles. The molecular weight excluding hydrogens is 336 g/mol. The number of carbonyl (C=O) groups is 1. The fourth-order valence-electron chi connectivity index (χ4n) is 3.03. The number of benzene rings is 2. The van der Waals surface area contributed by atoms with Crippen LogP contribution in [0.3, 0.4) is 0 Å². The van der Waals surface area contributed by atoms with Crippen LogP contribution in [0.4, 0.5) is 5.69 Å². The number of anilines is 1. The largest absolute Gasteiger partial charge is 0.395 e. The highest BCUT2D eigenvalue weighted by Crippen LogP contribution is 2.23. The Labute approximate surface area is 160 Å². The average molecular weight is 362 g/mol. The normalized spacial score (nSPS) is 12.0. The van der Waals surface area contributed by atoms with E-state index >= 15 is 0 Å². The SMILES string of the molecule is CC(C)(C)c1ccc(C=CC(=O)Nc2ccc3c(ccn3CCO)c2)cc1. The van der Waals surface area contributed by atoms with E-state index in [1.165, 1.54) is 5.56 Å². The molecule has 2 aromatic carbocycles. The van der Waals surface area contributed by atoms with Gasteiger partial charge in [-0.3, -0.25) is 4.79 Å². The maximum absolute atomic E-state index is 12.2. The molecule has 4 nitrogen and oxygen atoms in total. The average Bonchev–Trinajstić information content (AvgIpc) is 3.02. The van der Waals surface area contributed by atoms with Crippen LogP contribution in [0.25, 0.3) is 17.0 Å². The number of aliphatic hydroxyl groups excluding tert-OH is 1. The Morgan fingerprint density at radius 1 is 1.11 bits per heavy atom. The third kappa shape index (κ3) is 4.66. The van der Waals surface area contributed by atoms with Crippen molar-refractivity contribution in [2.45, 2.75) is 32.7 Å². The van der Waals surface area contributed by atoms with Gasteiger partial charge >= 0.3 is 0 Å². The minimum atomic E-state index is -0.163. The first kappa shape index (κ1) is 18.9. The molecule has 140 valence electrons. The van der Waals surface area contributed by atoms with Gasteiger partial charge in [0.2, 0.25) is 5.91 Å². The molecule has 0 aliphatic rings. The number of hydrogen-bond donors (Lipinski definition) is 2. The number of hydrogen-bond acceptors (Lipinski definition) is 2. The van der Waals surface area contributed by atoms with Gasteiger partial charge in [0.1, 0.15) is 0 Å². The van der Waals surface area contributed by atoms with Crippen molar-refractivity contribution in [2.75, 3.05) is 11.9 Å². The van der Waals surface area contributed by atoms with Crippen LogP contribution < -0.4 is 5.32 Å². The number of fused-ring (bicyclic) bond motifs is 1. The third-order valence-corrected chi connectivity index (χ3v) is 4.58. The molecule has 0 aliphatic carbocycles. The molecule has 3 aromatic rings. The number of carbonyl (C=O) groups excluding carboxylic acids is 1. The van der Waals surface area contributed by atoms with Crippen LogP contribution in [0.2, 0.25) is 0 Å². The number of aromatic nitrogens is 1. The van der Waals surface area contributed by atoms with E-state index in [9.17, 15) is 4.79 Å². The standard InChI is InChI=1S/C23H26N2O2/c1-23(2,3)19-7-4-17(5-8-19)6-11-22(27)24-20-9-10-21-18(16-20)12-13-25(21)14-15-26/h4-13,16,26H,14-15H2,1-3H3,(H,24,27). The fourth-order valence-corrected chi connectivity index (χ4v) is 3.03. The Bertz CT molecular complexity index is 960. The molecule has 0 saturated carbocycles. The molecule has 1 amide bonds. The molecule has 2 N–H and O–H groups in total. The molecule has 0 spiro atoms. The number of rotatable bonds is 5. The first-order valence-corrected chi connectivity index (χ1v) is 9.16. The topological polar surface area (TPSA) is 54.3 Å². The minimum Gasteiger partial charge on any atom is -0.395 e. The lowest BCUT2D eigenvalue weighted by atomic mass is 9.87. The van der Waals surface area contributed by atoms with E-state index in [0.29, 0.717) is 6.54 Å². The third-order valence-electron chi connectivity index (χ3n) is 4.58. The summed E-state index contributed by atoms with van der Waals surface area (Å²) in [6.45, 7) is 7.20. The fraction of sp³-hybridized carbons (Fsp3) is 0.261. The summed E-state index contributed by atoms with van der Waals surface area (Å²) in [6, 6.07) is 16.0. The first-order chi connectivity index (χ1) is 12.9. The van der Waals surface area contributed by atoms with Gasteiger partial charge in [0.05, 0.1) is 6.61 Å². The van der Waals surface area contributed by atoms with E-state index < -0.39 is 0 Å². The van der Waals surface area contributed by atoms with Gasteiger partial charge in [-0.1, -0.05) is 45.0 Å². The zero-order valence-electron chi connectivity index (χ0n) is 16.1. The molecule has 1 aromatic heterocycles. The molecule has 0 atom stereocenters. The van der Waals surface area contributed by atoms with E-state index in [1.807, 2.05) is 53.2 Å². The molecular formula is C23H26N2O2. The molecule has 27 heavy (non-hydrogen) atoms. The summed E-state index contributed by atoms with van der Waals surface area (Å²) >= 11 is 0. The molecule has 0 aliphatic heterocycles. The lowest BCUT2D eigenvalue weighted by Crippen LogP contribution is -2.10. The predicted octanol–water partition coefficient (Wildman–Crippen LogP) is 4.58. The Morgan fingerprint density at radius 2 is 1.85 bits per heavy atom. The number of nitrogens with zero attached hydrogens (tertiary/aromatic N) is 1. The van der Waals surface area contributed by atoms with Crippen LogP contribution >= 0.6 is 0 Å². The summed E-state index contributed by atoms with van der Waals surface area (Å²) in [5, 5.41) is 13.0. The zero-order chi connectivity index (χ0) is 19.4. The van der Waals surface area contributed by atoms with Crippen molar-refractivity contribution in [3.8, 4) is 0 Å². The van der Waals surface area contributed by atoms with Crippen LogP contribution in [-0.4, -0.2) is 22.2 Å². The summed E-state index contributed by atoms with van der Waals surface area (Å²) < 4.78 is 1.99. The van der Waals surface area contributed by atoms with Gasteiger partial charge in [0.15, 0.2) is 0 Å². The second kappa shape index (κ2) is 7.80. The molecule has 0 unspecified atom stereocenters. The van der Waals surface area contributed by atoms with Gasteiger partial charge in [-0.25, -0.2) is 0 Å². The van der Waals surface area contributed by atoms with E-state index in [0.717, 1.165) is 22.2 Å². The lowest BCUT2D eigenvalue weighted by Gasteiger charge is -2.18. The van der Waals surface area contributed by atoms with Crippen molar-refractivity contribution < 1.29 is 9.90 Å². The highest BCUT2D eigenvalue weighted by molar-refractivity contribution is 6.03. The quantitative estimate of drug-likeness (QED) is 0.653. The lowest BCUT2D eigenvalue weighted by molar-refractivity contribution is -0.111. The predicted molar refractivity (Wildman–Crippen MR) is 112 cm³/mol. The summed E-state index contributed by atoms with van der Waals surface area (Å²) in [4.78, 5) is 12.2. The Hall–Kier alpha value is -2.85.